The van der Waals surface area contributed by atoms with Gasteiger partial charge < -0.3 is 5.11 Å². The number of carbonyl (C=O) groups excluding carboxylic acids is 2. The summed E-state index contributed by atoms with van der Waals surface area (Å²) < 4.78 is 0. The van der Waals surface area contributed by atoms with E-state index in [4.69, 9.17) is 5.11 Å². The van der Waals surface area contributed by atoms with Crippen LogP contribution in [0.2, 0.25) is 0 Å². The lowest BCUT2D eigenvalue weighted by Crippen LogP contribution is -2.48. The predicted octanol–water partition coefficient (Wildman–Crippen LogP) is -0.946. The van der Waals surface area contributed by atoms with Gasteiger partial charge >= 0.3 is 5.97 Å². The maximum Gasteiger partial charge on any atom is 0.320 e. The number of carbonyl (C=O) groups is 3. The van der Waals surface area contributed by atoms with Crippen molar-refractivity contribution in [2.45, 2.75) is 19.4 Å². The Balaban J connectivity index is 2.08. The normalized spacial score (nSPS) is 32.1. The second-order valence-corrected chi connectivity index (χ2v) is 4.36. The van der Waals surface area contributed by atoms with Gasteiger partial charge in [-0.1, -0.05) is 0 Å². The van der Waals surface area contributed by atoms with Crippen molar-refractivity contribution < 1.29 is 19.5 Å². The number of carboxylic acid groups (broad SMARTS) is 1. The summed E-state index contributed by atoms with van der Waals surface area (Å²) in [6.07, 6.45) is 0.555. The van der Waals surface area contributed by atoms with Crippen LogP contribution in [0, 0.1) is 11.8 Å². The first-order chi connectivity index (χ1) is 7.50. The lowest BCUT2D eigenvalue weighted by atomic mass is 9.87. The van der Waals surface area contributed by atoms with Crippen molar-refractivity contribution in [3.05, 3.63) is 0 Å². The molecule has 6 heteroatoms. The van der Waals surface area contributed by atoms with Gasteiger partial charge in [0.15, 0.2) is 0 Å². The summed E-state index contributed by atoms with van der Waals surface area (Å²) in [5.41, 5.74) is 0. The van der Waals surface area contributed by atoms with Crippen molar-refractivity contribution in [3.8, 4) is 0 Å². The number of hydrogen-bond donors (Lipinski definition) is 2. The van der Waals surface area contributed by atoms with Gasteiger partial charge in [-0.15, -0.1) is 0 Å². The van der Waals surface area contributed by atoms with Crippen LogP contribution in [0.1, 0.15) is 13.3 Å². The molecule has 0 unspecified atom stereocenters. The highest BCUT2D eigenvalue weighted by Crippen LogP contribution is 2.29. The van der Waals surface area contributed by atoms with Crippen LogP contribution in [0.3, 0.4) is 0 Å². The van der Waals surface area contributed by atoms with Gasteiger partial charge in [-0.3, -0.25) is 24.6 Å². The molecule has 0 aromatic rings. The molecule has 0 aromatic heterocycles. The van der Waals surface area contributed by atoms with E-state index in [1.54, 1.807) is 11.8 Å². The number of carboxylic acids is 1. The maximum absolute atomic E-state index is 11.5. The Morgan fingerprint density at radius 2 is 2.06 bits per heavy atom. The molecule has 88 valence electrons. The molecule has 0 radical (unpaired) electrons. The Morgan fingerprint density at radius 3 is 2.69 bits per heavy atom. The monoisotopic (exact) mass is 226 g/mol. The molecule has 2 saturated heterocycles. The first kappa shape index (κ1) is 11.1. The molecule has 6 nitrogen and oxygen atoms in total. The minimum Gasteiger partial charge on any atom is -0.480 e. The Morgan fingerprint density at radius 1 is 1.44 bits per heavy atom. The molecule has 2 rings (SSSR count). The number of likely N-dealkylation sites (tertiary alicyclic amines) is 1. The summed E-state index contributed by atoms with van der Waals surface area (Å²) in [4.78, 5) is 35.4. The van der Waals surface area contributed by atoms with Crippen molar-refractivity contribution in [2.24, 2.45) is 11.8 Å². The maximum atomic E-state index is 11.5. The van der Waals surface area contributed by atoms with Gasteiger partial charge in [-0.05, 0) is 19.9 Å². The molecule has 2 fully saturated rings. The number of aliphatic carboxylic acids is 1. The average molecular weight is 226 g/mol. The van der Waals surface area contributed by atoms with Crippen LogP contribution >= 0.6 is 0 Å². The van der Waals surface area contributed by atoms with Gasteiger partial charge in [0.1, 0.15) is 6.04 Å². The molecule has 0 saturated carbocycles. The minimum atomic E-state index is -0.900. The molecule has 2 amide bonds. The number of fused-ring (bicyclic) bond motifs is 1. The van der Waals surface area contributed by atoms with E-state index in [0.717, 1.165) is 0 Å². The van der Waals surface area contributed by atoms with Crippen molar-refractivity contribution in [2.75, 3.05) is 13.1 Å². The lowest BCUT2D eigenvalue weighted by molar-refractivity contribution is -0.144. The highest BCUT2D eigenvalue weighted by molar-refractivity contribution is 6.05. The molecule has 0 bridgehead atoms. The van der Waals surface area contributed by atoms with Gasteiger partial charge in [-0.2, -0.15) is 0 Å². The molecule has 2 aliphatic rings. The van der Waals surface area contributed by atoms with E-state index in [-0.39, 0.29) is 23.7 Å². The van der Waals surface area contributed by atoms with Crippen LogP contribution < -0.4 is 5.32 Å². The zero-order valence-electron chi connectivity index (χ0n) is 8.97. The van der Waals surface area contributed by atoms with Crippen molar-refractivity contribution in [1.82, 2.24) is 10.2 Å². The van der Waals surface area contributed by atoms with E-state index in [1.165, 1.54) is 0 Å². The van der Waals surface area contributed by atoms with Gasteiger partial charge in [0, 0.05) is 6.54 Å². The first-order valence-corrected chi connectivity index (χ1v) is 5.32. The Bertz CT molecular complexity index is 355. The van der Waals surface area contributed by atoms with E-state index in [9.17, 15) is 14.4 Å². The first-order valence-electron chi connectivity index (χ1n) is 5.32. The highest BCUT2D eigenvalue weighted by atomic mass is 16.4. The summed E-state index contributed by atoms with van der Waals surface area (Å²) in [7, 11) is 0. The number of nitrogens with zero attached hydrogens (tertiary/aromatic N) is 1. The lowest BCUT2D eigenvalue weighted by Gasteiger charge is -2.34. The minimum absolute atomic E-state index is 0.211. The molecular weight excluding hydrogens is 212 g/mol. The SMILES string of the molecule is C[C@H](C(=O)O)N1CC[C@H]2C(=O)NC(=O)[C@@H]2C1. The summed E-state index contributed by atoms with van der Waals surface area (Å²) in [5.74, 6) is -2.01. The van der Waals surface area contributed by atoms with E-state index in [0.29, 0.717) is 19.5 Å². The number of nitrogens with one attached hydrogen (secondary N) is 1. The number of hydrogen-bond acceptors (Lipinski definition) is 4. The van der Waals surface area contributed by atoms with E-state index < -0.39 is 12.0 Å². The highest BCUT2D eigenvalue weighted by Gasteiger charge is 2.45. The Kier molecular flexibility index (Phi) is 2.67. The third kappa shape index (κ3) is 1.69. The molecule has 0 spiro atoms. The van der Waals surface area contributed by atoms with Crippen LogP contribution in [0.5, 0.6) is 0 Å². The van der Waals surface area contributed by atoms with Crippen molar-refractivity contribution >= 4 is 17.8 Å². The fourth-order valence-electron chi connectivity index (χ4n) is 2.37. The van der Waals surface area contributed by atoms with Crippen LogP contribution in [-0.2, 0) is 14.4 Å². The second-order valence-electron chi connectivity index (χ2n) is 4.36. The van der Waals surface area contributed by atoms with E-state index >= 15 is 0 Å². The van der Waals surface area contributed by atoms with Gasteiger partial charge in [-0.25, -0.2) is 0 Å². The molecule has 3 atom stereocenters. The standard InChI is InChI=1S/C10H14N2O4/c1-5(10(15)16)12-3-2-6-7(4-12)9(14)11-8(6)13/h5-7H,2-4H2,1H3,(H,15,16)(H,11,13,14)/t5-,6-,7-/m1/s1. The van der Waals surface area contributed by atoms with Crippen LogP contribution in [0.25, 0.3) is 0 Å². The fourth-order valence-corrected chi connectivity index (χ4v) is 2.37. The third-order valence-electron chi connectivity index (χ3n) is 3.47. The Labute approximate surface area is 92.6 Å². The zero-order chi connectivity index (χ0) is 11.9. The van der Waals surface area contributed by atoms with Gasteiger partial charge in [0.25, 0.3) is 0 Å². The summed E-state index contributed by atoms with van der Waals surface area (Å²) in [5, 5.41) is 11.2. The molecule has 2 heterocycles. The molecule has 0 aliphatic carbocycles. The summed E-state index contributed by atoms with van der Waals surface area (Å²) >= 11 is 0. The molecule has 16 heavy (non-hydrogen) atoms. The van der Waals surface area contributed by atoms with Gasteiger partial charge in [0.05, 0.1) is 11.8 Å². The summed E-state index contributed by atoms with van der Waals surface area (Å²) in [6, 6.07) is -0.607. The number of piperidine rings is 1. The predicted molar refractivity (Wildman–Crippen MR) is 53.4 cm³/mol. The molecular formula is C10H14N2O4. The molecule has 0 aromatic carbocycles. The zero-order valence-corrected chi connectivity index (χ0v) is 8.97. The largest absolute Gasteiger partial charge is 0.480 e. The number of rotatable bonds is 2. The molecule has 2 aliphatic heterocycles. The van der Waals surface area contributed by atoms with Crippen molar-refractivity contribution in [1.29, 1.82) is 0 Å². The molecule has 2 N–H and O–H groups in total. The average Bonchev–Trinajstić information content (AvgIpc) is 2.53. The topological polar surface area (TPSA) is 86.7 Å². The Hall–Kier alpha value is -1.43. The van der Waals surface area contributed by atoms with Crippen molar-refractivity contribution in [3.63, 3.8) is 0 Å². The number of amides is 2. The van der Waals surface area contributed by atoms with E-state index in [1.807, 2.05) is 0 Å². The smallest absolute Gasteiger partial charge is 0.320 e. The third-order valence-corrected chi connectivity index (χ3v) is 3.47. The second kappa shape index (κ2) is 3.86. The quantitative estimate of drug-likeness (QED) is 0.593. The van der Waals surface area contributed by atoms with E-state index in [2.05, 4.69) is 5.32 Å². The van der Waals surface area contributed by atoms with Gasteiger partial charge in [0.2, 0.25) is 11.8 Å². The summed E-state index contributed by atoms with van der Waals surface area (Å²) in [6.45, 7) is 2.50. The van der Waals surface area contributed by atoms with Crippen LogP contribution in [-0.4, -0.2) is 46.9 Å². The fraction of sp³-hybridized carbons (Fsp3) is 0.700. The van der Waals surface area contributed by atoms with Crippen LogP contribution in [0.4, 0.5) is 0 Å². The number of imide groups is 1. The van der Waals surface area contributed by atoms with Crippen LogP contribution in [0.15, 0.2) is 0 Å².